The Kier molecular flexibility index (Phi) is 31.8. The number of ether oxygens (including phenoxy) is 2. The lowest BCUT2D eigenvalue weighted by Gasteiger charge is -2.41. The van der Waals surface area contributed by atoms with Crippen LogP contribution in [-0.4, -0.2) is 98.9 Å². The molecule has 1 fully saturated rings. The van der Waals surface area contributed by atoms with Crippen LogP contribution < -0.4 is 0 Å². The minimum absolute atomic E-state index is 0.0823. The first-order valence-electron chi connectivity index (χ1n) is 21.7. The molecule has 0 aliphatic heterocycles. The van der Waals surface area contributed by atoms with Crippen molar-refractivity contribution < 1.29 is 58.3 Å². The molecule has 12 nitrogen and oxygen atoms in total. The molecule has 0 spiro atoms. The van der Waals surface area contributed by atoms with E-state index < -0.39 is 63.1 Å². The molecule has 13 heteroatoms. The lowest BCUT2D eigenvalue weighted by Crippen LogP contribution is -2.64. The van der Waals surface area contributed by atoms with Gasteiger partial charge in [0.05, 0.1) is 13.2 Å². The maximum Gasteiger partial charge on any atom is 0.472 e. The third-order valence-corrected chi connectivity index (χ3v) is 11.0. The van der Waals surface area contributed by atoms with Gasteiger partial charge in [-0.05, 0) is 64.2 Å². The van der Waals surface area contributed by atoms with Gasteiger partial charge in [0.2, 0.25) is 0 Å². The van der Waals surface area contributed by atoms with E-state index in [-0.39, 0.29) is 13.0 Å². The van der Waals surface area contributed by atoms with E-state index in [9.17, 15) is 39.8 Å². The Bertz CT molecular complexity index is 1010. The molecular formula is C42H79O12P. The van der Waals surface area contributed by atoms with Gasteiger partial charge in [-0.3, -0.25) is 13.8 Å². The van der Waals surface area contributed by atoms with Gasteiger partial charge in [0.15, 0.2) is 0 Å². The zero-order valence-corrected chi connectivity index (χ0v) is 35.1. The van der Waals surface area contributed by atoms with Crippen LogP contribution in [0.3, 0.4) is 0 Å². The monoisotopic (exact) mass is 807 g/mol. The first kappa shape index (κ1) is 51.8. The number of rotatable bonds is 36. The summed E-state index contributed by atoms with van der Waals surface area (Å²) in [5.74, 6) is -0.489. The van der Waals surface area contributed by atoms with Gasteiger partial charge in [0, 0.05) is 13.0 Å². The molecule has 1 saturated carbocycles. The lowest BCUT2D eigenvalue weighted by molar-refractivity contribution is -0.220. The average molecular weight is 807 g/mol. The van der Waals surface area contributed by atoms with E-state index in [1.54, 1.807) is 0 Å². The normalized spacial score (nSPS) is 23.4. The minimum atomic E-state index is -5.01. The molecule has 0 radical (unpaired) electrons. The molecule has 0 bridgehead atoms. The molecule has 6 unspecified atom stereocenters. The van der Waals surface area contributed by atoms with Crippen LogP contribution in [0.5, 0.6) is 0 Å². The number of esters is 1. The summed E-state index contributed by atoms with van der Waals surface area (Å²) in [4.78, 5) is 23.1. The first-order chi connectivity index (χ1) is 26.5. The summed E-state index contributed by atoms with van der Waals surface area (Å²) in [5.41, 5.74) is 0. The SMILES string of the molecule is CCCCC/C=C\CCCCCCCC(=O)OC(COCCCCCCCC/C=C\CCCCCCCC)COP(=O)(O)OC1C(O)C(O)C(O)C(O)C1O. The number of hydrogen-bond acceptors (Lipinski definition) is 11. The summed E-state index contributed by atoms with van der Waals surface area (Å²) in [5, 5.41) is 50.1. The maximum atomic E-state index is 12.8. The van der Waals surface area contributed by atoms with Crippen molar-refractivity contribution in [3.8, 4) is 0 Å². The van der Waals surface area contributed by atoms with E-state index in [2.05, 4.69) is 38.2 Å². The summed E-state index contributed by atoms with van der Waals surface area (Å²) in [6.07, 6.45) is 23.9. The van der Waals surface area contributed by atoms with E-state index >= 15 is 0 Å². The largest absolute Gasteiger partial charge is 0.472 e. The standard InChI is InChI=1S/C42H79O12P/c1-3-5-7-9-11-13-15-17-18-19-20-22-24-26-28-30-32-51-33-35(53-36(43)31-29-27-25-23-21-16-14-12-10-8-6-4-2)34-52-55(49,50)54-42-40(47)38(45)37(44)39(46)41(42)48/h12,14,17-18,35,37-42,44-48H,3-11,13,15-16,19-34H2,1-2H3,(H,49,50)/b14-12-,18-17-. The second-order valence-corrected chi connectivity index (χ2v) is 16.6. The Hall–Kier alpha value is -1.18. The van der Waals surface area contributed by atoms with Crippen LogP contribution in [0.25, 0.3) is 0 Å². The van der Waals surface area contributed by atoms with Gasteiger partial charge in [-0.15, -0.1) is 0 Å². The van der Waals surface area contributed by atoms with Crippen molar-refractivity contribution in [1.29, 1.82) is 0 Å². The number of phosphoric ester groups is 1. The highest BCUT2D eigenvalue weighted by Crippen LogP contribution is 2.47. The number of carbonyl (C=O) groups is 1. The smallest absolute Gasteiger partial charge is 0.457 e. The zero-order chi connectivity index (χ0) is 40.6. The van der Waals surface area contributed by atoms with Gasteiger partial charge in [0.25, 0.3) is 0 Å². The number of phosphoric acid groups is 1. The highest BCUT2D eigenvalue weighted by atomic mass is 31.2. The third kappa shape index (κ3) is 26.4. The van der Waals surface area contributed by atoms with Crippen LogP contribution in [0.1, 0.15) is 174 Å². The second kappa shape index (κ2) is 33.8. The first-order valence-corrected chi connectivity index (χ1v) is 23.2. The average Bonchev–Trinajstić information content (AvgIpc) is 3.17. The molecule has 6 N–H and O–H groups in total. The molecule has 0 aromatic carbocycles. The molecular weight excluding hydrogens is 727 g/mol. The van der Waals surface area contributed by atoms with Crippen LogP contribution in [0.15, 0.2) is 24.3 Å². The number of carbonyl (C=O) groups excluding carboxylic acids is 1. The van der Waals surface area contributed by atoms with E-state index in [1.165, 1.54) is 77.0 Å². The molecule has 0 aromatic rings. The van der Waals surface area contributed by atoms with Crippen LogP contribution in [-0.2, 0) is 27.9 Å². The van der Waals surface area contributed by atoms with Crippen molar-refractivity contribution in [1.82, 2.24) is 0 Å². The van der Waals surface area contributed by atoms with Crippen molar-refractivity contribution in [2.24, 2.45) is 0 Å². The van der Waals surface area contributed by atoms with Crippen LogP contribution >= 0.6 is 7.82 Å². The van der Waals surface area contributed by atoms with Crippen molar-refractivity contribution in [2.75, 3.05) is 19.8 Å². The molecule has 0 heterocycles. The van der Waals surface area contributed by atoms with E-state index in [1.807, 2.05) is 0 Å². The van der Waals surface area contributed by atoms with Gasteiger partial charge in [0.1, 0.15) is 42.7 Å². The maximum absolute atomic E-state index is 12.8. The van der Waals surface area contributed by atoms with Crippen LogP contribution in [0.2, 0.25) is 0 Å². The van der Waals surface area contributed by atoms with Crippen molar-refractivity contribution in [3.05, 3.63) is 24.3 Å². The Labute approximate surface area is 332 Å². The number of aliphatic hydroxyl groups is 5. The Morgan fingerprint density at radius 1 is 0.564 bits per heavy atom. The van der Waals surface area contributed by atoms with Gasteiger partial charge in [-0.1, -0.05) is 128 Å². The van der Waals surface area contributed by atoms with Gasteiger partial charge in [-0.25, -0.2) is 4.57 Å². The molecule has 1 rings (SSSR count). The van der Waals surface area contributed by atoms with Gasteiger partial charge >= 0.3 is 13.8 Å². The fourth-order valence-corrected chi connectivity index (χ4v) is 7.49. The predicted octanol–water partition coefficient (Wildman–Crippen LogP) is 8.14. The summed E-state index contributed by atoms with van der Waals surface area (Å²) in [7, 11) is -5.01. The van der Waals surface area contributed by atoms with Crippen LogP contribution in [0.4, 0.5) is 0 Å². The van der Waals surface area contributed by atoms with E-state index in [0.717, 1.165) is 70.6 Å². The number of hydrogen-bond donors (Lipinski definition) is 6. The summed E-state index contributed by atoms with van der Waals surface area (Å²) < 4.78 is 34.1. The van der Waals surface area contributed by atoms with E-state index in [4.69, 9.17) is 18.5 Å². The Balaban J connectivity index is 2.43. The highest BCUT2D eigenvalue weighted by molar-refractivity contribution is 7.47. The fourth-order valence-electron chi connectivity index (χ4n) is 6.52. The molecule has 0 saturated heterocycles. The van der Waals surface area contributed by atoms with Crippen molar-refractivity contribution >= 4 is 13.8 Å². The molecule has 1 aliphatic carbocycles. The second-order valence-electron chi connectivity index (χ2n) is 15.2. The minimum Gasteiger partial charge on any atom is -0.457 e. The Morgan fingerprint density at radius 3 is 1.47 bits per heavy atom. The number of aliphatic hydroxyl groups excluding tert-OH is 5. The zero-order valence-electron chi connectivity index (χ0n) is 34.2. The van der Waals surface area contributed by atoms with Crippen LogP contribution in [0, 0.1) is 0 Å². The third-order valence-electron chi connectivity index (χ3n) is 10.0. The fraction of sp³-hybridized carbons (Fsp3) is 0.881. The lowest BCUT2D eigenvalue weighted by atomic mass is 9.85. The van der Waals surface area contributed by atoms with Crippen molar-refractivity contribution in [2.45, 2.75) is 217 Å². The molecule has 324 valence electrons. The summed E-state index contributed by atoms with van der Waals surface area (Å²) in [6.45, 7) is 4.20. The summed E-state index contributed by atoms with van der Waals surface area (Å²) >= 11 is 0. The predicted molar refractivity (Wildman–Crippen MR) is 216 cm³/mol. The molecule has 0 aromatic heterocycles. The number of allylic oxidation sites excluding steroid dienone is 4. The highest BCUT2D eigenvalue weighted by Gasteiger charge is 2.51. The molecule has 0 amide bonds. The molecule has 1 aliphatic rings. The number of unbranched alkanes of at least 4 members (excludes halogenated alkanes) is 20. The quantitative estimate of drug-likeness (QED) is 0.0154. The summed E-state index contributed by atoms with van der Waals surface area (Å²) in [6, 6.07) is 0. The van der Waals surface area contributed by atoms with Gasteiger partial charge < -0.3 is 39.9 Å². The topological polar surface area (TPSA) is 192 Å². The van der Waals surface area contributed by atoms with Crippen molar-refractivity contribution in [3.63, 3.8) is 0 Å². The molecule has 6 atom stereocenters. The Morgan fingerprint density at radius 2 is 0.964 bits per heavy atom. The van der Waals surface area contributed by atoms with Gasteiger partial charge in [-0.2, -0.15) is 0 Å². The molecule has 55 heavy (non-hydrogen) atoms. The van der Waals surface area contributed by atoms with E-state index in [0.29, 0.717) is 13.0 Å².